The smallest absolute Gasteiger partial charge is 0.119 e. The lowest BCUT2D eigenvalue weighted by Crippen LogP contribution is -2.14. The maximum Gasteiger partial charge on any atom is 0.119 e. The molecule has 0 bridgehead atoms. The first-order valence-electron chi connectivity index (χ1n) is 5.23. The van der Waals surface area contributed by atoms with Crippen LogP contribution in [0, 0.1) is 13.8 Å². The number of methoxy groups -OCH3 is 1. The van der Waals surface area contributed by atoms with Gasteiger partial charge in [-0.15, -0.1) is 0 Å². The summed E-state index contributed by atoms with van der Waals surface area (Å²) in [5, 5.41) is 8.86. The molecule has 0 aliphatic rings. The molecule has 0 unspecified atom stereocenters. The Morgan fingerprint density at radius 3 is 2.31 bits per heavy atom. The van der Waals surface area contributed by atoms with Crippen LogP contribution in [0.15, 0.2) is 17.0 Å². The van der Waals surface area contributed by atoms with Crippen molar-refractivity contribution in [1.29, 1.82) is 0 Å². The number of aliphatic hydroxyl groups excluding tert-OH is 1. The molecule has 0 heterocycles. The third-order valence-electron chi connectivity index (χ3n) is 2.33. The summed E-state index contributed by atoms with van der Waals surface area (Å²) < 4.78 is 7.25. The fourth-order valence-electron chi connectivity index (χ4n) is 1.51. The molecule has 0 aliphatic carbocycles. The minimum atomic E-state index is 0.178. The van der Waals surface area contributed by atoms with Gasteiger partial charge in [0.25, 0.3) is 0 Å². The van der Waals surface area contributed by atoms with Gasteiger partial charge >= 0.3 is 0 Å². The summed E-state index contributed by atoms with van der Waals surface area (Å²) in [6.07, 6.45) is 0. The number of aryl methyl sites for hydroxylation is 2. The van der Waals surface area contributed by atoms with Crippen molar-refractivity contribution in [3.05, 3.63) is 23.3 Å². The highest BCUT2D eigenvalue weighted by Crippen LogP contribution is 2.31. The van der Waals surface area contributed by atoms with Crippen LogP contribution < -0.4 is 4.74 Å². The minimum absolute atomic E-state index is 0.178. The topological polar surface area (TPSA) is 32.7 Å². The van der Waals surface area contributed by atoms with Gasteiger partial charge < -0.3 is 9.84 Å². The number of nitrogens with zero attached hydrogens (tertiary/aromatic N) is 1. The highest BCUT2D eigenvalue weighted by atomic mass is 32.2. The van der Waals surface area contributed by atoms with Crippen LogP contribution >= 0.6 is 11.9 Å². The summed E-state index contributed by atoms with van der Waals surface area (Å²) in [5.41, 5.74) is 2.40. The van der Waals surface area contributed by atoms with Gasteiger partial charge in [-0.25, -0.2) is 4.31 Å². The molecule has 3 nitrogen and oxygen atoms in total. The van der Waals surface area contributed by atoms with E-state index in [0.717, 1.165) is 5.75 Å². The van der Waals surface area contributed by atoms with Crippen LogP contribution in [-0.4, -0.2) is 36.7 Å². The lowest BCUT2D eigenvalue weighted by Gasteiger charge is -2.18. The van der Waals surface area contributed by atoms with E-state index in [1.165, 1.54) is 16.0 Å². The predicted molar refractivity (Wildman–Crippen MR) is 68.0 cm³/mol. The molecule has 1 N–H and O–H groups in total. The van der Waals surface area contributed by atoms with Crippen molar-refractivity contribution < 1.29 is 9.84 Å². The standard InChI is InChI=1S/C12H19NO2S/c1-9-7-11(15-4)8-10(2)12(9)16-13(3)5-6-14/h7-8,14H,5-6H2,1-4H3. The predicted octanol–water partition coefficient (Wildman–Crippen LogP) is 2.24. The molecule has 0 aromatic heterocycles. The Kier molecular flexibility index (Phi) is 5.12. The number of ether oxygens (including phenoxy) is 1. The largest absolute Gasteiger partial charge is 0.497 e. The zero-order chi connectivity index (χ0) is 12.1. The van der Waals surface area contributed by atoms with Crippen molar-refractivity contribution in [3.63, 3.8) is 0 Å². The van der Waals surface area contributed by atoms with Crippen LogP contribution in [0.1, 0.15) is 11.1 Å². The summed E-state index contributed by atoms with van der Waals surface area (Å²) >= 11 is 1.66. The molecule has 16 heavy (non-hydrogen) atoms. The second-order valence-electron chi connectivity index (χ2n) is 3.76. The van der Waals surface area contributed by atoms with Gasteiger partial charge in [0.05, 0.1) is 13.7 Å². The fourth-order valence-corrected chi connectivity index (χ4v) is 2.41. The lowest BCUT2D eigenvalue weighted by molar-refractivity contribution is 0.273. The first-order valence-corrected chi connectivity index (χ1v) is 6.01. The molecule has 90 valence electrons. The molecule has 0 fully saturated rings. The van der Waals surface area contributed by atoms with E-state index in [0.29, 0.717) is 6.54 Å². The van der Waals surface area contributed by atoms with Crippen LogP contribution in [0.4, 0.5) is 0 Å². The van der Waals surface area contributed by atoms with Gasteiger partial charge in [-0.3, -0.25) is 0 Å². The average Bonchev–Trinajstić information content (AvgIpc) is 2.23. The second kappa shape index (κ2) is 6.13. The first kappa shape index (κ1) is 13.4. The molecule has 1 aromatic carbocycles. The molecule has 0 aliphatic heterocycles. The normalized spacial score (nSPS) is 10.9. The summed E-state index contributed by atoms with van der Waals surface area (Å²) in [4.78, 5) is 1.23. The molecule has 1 aromatic rings. The molecule has 0 atom stereocenters. The summed E-state index contributed by atoms with van der Waals surface area (Å²) in [6.45, 7) is 4.99. The van der Waals surface area contributed by atoms with E-state index < -0.39 is 0 Å². The van der Waals surface area contributed by atoms with Gasteiger partial charge in [-0.1, -0.05) is 0 Å². The van der Waals surface area contributed by atoms with Crippen molar-refractivity contribution in [2.24, 2.45) is 0 Å². The second-order valence-corrected chi connectivity index (χ2v) is 4.97. The number of aliphatic hydroxyl groups is 1. The molecule has 0 saturated heterocycles. The number of rotatable bonds is 5. The van der Waals surface area contributed by atoms with Gasteiger partial charge in [-0.05, 0) is 56.1 Å². The summed E-state index contributed by atoms with van der Waals surface area (Å²) in [5.74, 6) is 0.893. The minimum Gasteiger partial charge on any atom is -0.497 e. The van der Waals surface area contributed by atoms with E-state index in [-0.39, 0.29) is 6.61 Å². The Hall–Kier alpha value is -0.710. The number of likely N-dealkylation sites (N-methyl/N-ethyl adjacent to an activating group) is 1. The van der Waals surface area contributed by atoms with Crippen LogP contribution in [0.3, 0.4) is 0 Å². The SMILES string of the molecule is COc1cc(C)c(SN(C)CCO)c(C)c1. The van der Waals surface area contributed by atoms with Crippen LogP contribution in [0.2, 0.25) is 0 Å². The van der Waals surface area contributed by atoms with E-state index in [1.807, 2.05) is 23.5 Å². The highest BCUT2D eigenvalue weighted by molar-refractivity contribution is 7.97. The maximum atomic E-state index is 8.86. The molecule has 1 rings (SSSR count). The summed E-state index contributed by atoms with van der Waals surface area (Å²) in [6, 6.07) is 4.06. The zero-order valence-corrected chi connectivity index (χ0v) is 11.1. The Labute approximate surface area is 102 Å². The van der Waals surface area contributed by atoms with Crippen molar-refractivity contribution in [2.45, 2.75) is 18.7 Å². The molecular formula is C12H19NO2S. The Balaban J connectivity index is 2.87. The van der Waals surface area contributed by atoms with Gasteiger partial charge in [-0.2, -0.15) is 0 Å². The Morgan fingerprint density at radius 2 is 1.88 bits per heavy atom. The molecule has 4 heteroatoms. The zero-order valence-electron chi connectivity index (χ0n) is 10.3. The van der Waals surface area contributed by atoms with E-state index in [9.17, 15) is 0 Å². The molecule has 0 saturated carbocycles. The highest BCUT2D eigenvalue weighted by Gasteiger charge is 2.09. The maximum absolute atomic E-state index is 8.86. The third kappa shape index (κ3) is 3.40. The molecule has 0 amide bonds. The molecular weight excluding hydrogens is 222 g/mol. The Morgan fingerprint density at radius 1 is 1.31 bits per heavy atom. The summed E-state index contributed by atoms with van der Waals surface area (Å²) in [7, 11) is 3.66. The van der Waals surface area contributed by atoms with E-state index in [1.54, 1.807) is 19.1 Å². The first-order chi connectivity index (χ1) is 7.58. The number of hydrogen-bond acceptors (Lipinski definition) is 4. The third-order valence-corrected chi connectivity index (χ3v) is 3.65. The Bertz CT molecular complexity index is 332. The van der Waals surface area contributed by atoms with E-state index >= 15 is 0 Å². The van der Waals surface area contributed by atoms with Gasteiger partial charge in [0.2, 0.25) is 0 Å². The lowest BCUT2D eigenvalue weighted by atomic mass is 10.1. The van der Waals surface area contributed by atoms with Crippen molar-refractivity contribution in [1.82, 2.24) is 4.31 Å². The quantitative estimate of drug-likeness (QED) is 0.801. The van der Waals surface area contributed by atoms with Crippen LogP contribution in [0.5, 0.6) is 5.75 Å². The van der Waals surface area contributed by atoms with E-state index in [4.69, 9.17) is 9.84 Å². The number of benzene rings is 1. The average molecular weight is 241 g/mol. The molecule has 0 spiro atoms. The monoisotopic (exact) mass is 241 g/mol. The van der Waals surface area contributed by atoms with Crippen molar-refractivity contribution >= 4 is 11.9 Å². The van der Waals surface area contributed by atoms with Gasteiger partial charge in [0.15, 0.2) is 0 Å². The van der Waals surface area contributed by atoms with Crippen molar-refractivity contribution in [3.8, 4) is 5.75 Å². The van der Waals surface area contributed by atoms with Crippen molar-refractivity contribution in [2.75, 3.05) is 27.3 Å². The van der Waals surface area contributed by atoms with Gasteiger partial charge in [0.1, 0.15) is 5.75 Å². The molecule has 0 radical (unpaired) electrons. The fraction of sp³-hybridized carbons (Fsp3) is 0.500. The van der Waals surface area contributed by atoms with Crippen LogP contribution in [0.25, 0.3) is 0 Å². The van der Waals surface area contributed by atoms with E-state index in [2.05, 4.69) is 13.8 Å². The van der Waals surface area contributed by atoms with Crippen LogP contribution in [-0.2, 0) is 0 Å². The van der Waals surface area contributed by atoms with Gasteiger partial charge in [0, 0.05) is 11.4 Å². The number of hydrogen-bond donors (Lipinski definition) is 1.